The molecular weight excluding hydrogens is 442 g/mol. The van der Waals surface area contributed by atoms with E-state index in [1.165, 1.54) is 11.1 Å². The van der Waals surface area contributed by atoms with Crippen LogP contribution in [0.15, 0.2) is 65.5 Å². The summed E-state index contributed by atoms with van der Waals surface area (Å²) in [5, 5.41) is 7.14. The first-order valence-electron chi connectivity index (χ1n) is 9.59. The Morgan fingerprint density at radius 1 is 1.13 bits per heavy atom. The molecule has 0 spiro atoms. The molecule has 0 aliphatic rings. The van der Waals surface area contributed by atoms with Gasteiger partial charge in [0, 0.05) is 35.0 Å². The Labute approximate surface area is 183 Å². The van der Waals surface area contributed by atoms with Crippen LogP contribution in [0.4, 0.5) is 5.95 Å². The maximum atomic E-state index is 12.8. The molecule has 4 aromatic rings. The van der Waals surface area contributed by atoms with Crippen molar-refractivity contribution in [1.29, 1.82) is 0 Å². The first-order chi connectivity index (χ1) is 14.4. The van der Waals surface area contributed by atoms with E-state index >= 15 is 0 Å². The zero-order chi connectivity index (χ0) is 21.3. The monoisotopic (exact) mass is 463 g/mol. The van der Waals surface area contributed by atoms with Crippen molar-refractivity contribution in [1.82, 2.24) is 19.3 Å². The predicted octanol–water partition coefficient (Wildman–Crippen LogP) is 4.96. The molecule has 0 bridgehead atoms. The lowest BCUT2D eigenvalue weighted by Crippen LogP contribution is -2.15. The van der Waals surface area contributed by atoms with Crippen LogP contribution in [0, 0.1) is 13.8 Å². The van der Waals surface area contributed by atoms with E-state index in [2.05, 4.69) is 57.3 Å². The molecule has 2 aromatic heterocycles. The molecule has 0 fully saturated rings. The Kier molecular flexibility index (Phi) is 5.55. The second-order valence-corrected chi connectivity index (χ2v) is 8.15. The molecule has 152 valence electrons. The van der Waals surface area contributed by atoms with E-state index in [1.807, 2.05) is 46.8 Å². The average molecular weight is 464 g/mol. The third-order valence-corrected chi connectivity index (χ3v) is 5.82. The SMILES string of the molecule is Cc1cc(Br)c(-c2cnc(NC(=O)c3cccc(Cn4cccn4)c3)n2C)cc1C. The van der Waals surface area contributed by atoms with Crippen LogP contribution in [0.25, 0.3) is 11.3 Å². The van der Waals surface area contributed by atoms with Crippen molar-refractivity contribution >= 4 is 27.8 Å². The topological polar surface area (TPSA) is 64.7 Å². The first kappa shape index (κ1) is 20.1. The highest BCUT2D eigenvalue weighted by atomic mass is 79.9. The van der Waals surface area contributed by atoms with Crippen molar-refractivity contribution < 1.29 is 4.79 Å². The lowest BCUT2D eigenvalue weighted by molar-refractivity contribution is 0.102. The van der Waals surface area contributed by atoms with Crippen LogP contribution in [-0.2, 0) is 13.6 Å². The molecule has 30 heavy (non-hydrogen) atoms. The lowest BCUT2D eigenvalue weighted by Gasteiger charge is -2.11. The van der Waals surface area contributed by atoms with Crippen molar-refractivity contribution in [2.24, 2.45) is 7.05 Å². The van der Waals surface area contributed by atoms with Crippen molar-refractivity contribution in [3.63, 3.8) is 0 Å². The van der Waals surface area contributed by atoms with Gasteiger partial charge in [0.05, 0.1) is 18.4 Å². The fourth-order valence-corrected chi connectivity index (χ4v) is 3.98. The summed E-state index contributed by atoms with van der Waals surface area (Å²) in [6.45, 7) is 4.78. The Morgan fingerprint density at radius 2 is 1.93 bits per heavy atom. The molecule has 2 heterocycles. The quantitative estimate of drug-likeness (QED) is 0.454. The minimum atomic E-state index is -0.197. The molecule has 1 N–H and O–H groups in total. The zero-order valence-corrected chi connectivity index (χ0v) is 18.6. The molecule has 0 aliphatic heterocycles. The first-order valence-corrected chi connectivity index (χ1v) is 10.4. The highest BCUT2D eigenvalue weighted by Gasteiger charge is 2.15. The average Bonchev–Trinajstić information content (AvgIpc) is 3.35. The number of imidazole rings is 1. The van der Waals surface area contributed by atoms with E-state index in [0.29, 0.717) is 18.1 Å². The van der Waals surface area contributed by atoms with Crippen LogP contribution >= 0.6 is 15.9 Å². The summed E-state index contributed by atoms with van der Waals surface area (Å²) in [7, 11) is 1.90. The van der Waals surface area contributed by atoms with Gasteiger partial charge in [0.25, 0.3) is 5.91 Å². The number of halogens is 1. The molecule has 0 aliphatic carbocycles. The number of hydrogen-bond acceptors (Lipinski definition) is 3. The molecule has 0 atom stereocenters. The molecule has 2 aromatic carbocycles. The van der Waals surface area contributed by atoms with Gasteiger partial charge in [-0.1, -0.05) is 28.1 Å². The number of amides is 1. The van der Waals surface area contributed by atoms with Gasteiger partial charge in [-0.25, -0.2) is 4.98 Å². The largest absolute Gasteiger partial charge is 0.313 e. The van der Waals surface area contributed by atoms with E-state index in [4.69, 9.17) is 0 Å². The summed E-state index contributed by atoms with van der Waals surface area (Å²) < 4.78 is 4.71. The van der Waals surface area contributed by atoms with Crippen LogP contribution in [0.3, 0.4) is 0 Å². The third kappa shape index (κ3) is 4.07. The summed E-state index contributed by atoms with van der Waals surface area (Å²) >= 11 is 3.65. The molecule has 0 saturated heterocycles. The Morgan fingerprint density at radius 3 is 2.70 bits per heavy atom. The van der Waals surface area contributed by atoms with Crippen molar-refractivity contribution in [2.45, 2.75) is 20.4 Å². The van der Waals surface area contributed by atoms with E-state index < -0.39 is 0 Å². The van der Waals surface area contributed by atoms with Crippen LogP contribution in [0.2, 0.25) is 0 Å². The van der Waals surface area contributed by atoms with Crippen molar-refractivity contribution in [3.05, 3.63) is 87.8 Å². The van der Waals surface area contributed by atoms with Gasteiger partial charge in [-0.05, 0) is 60.9 Å². The van der Waals surface area contributed by atoms with Gasteiger partial charge in [0.2, 0.25) is 5.95 Å². The lowest BCUT2D eigenvalue weighted by atomic mass is 10.0. The molecule has 0 radical (unpaired) electrons. The number of nitrogens with one attached hydrogen (secondary N) is 1. The fourth-order valence-electron chi connectivity index (χ4n) is 3.32. The predicted molar refractivity (Wildman–Crippen MR) is 122 cm³/mol. The summed E-state index contributed by atoms with van der Waals surface area (Å²) in [5.74, 6) is 0.300. The normalized spacial score (nSPS) is 10.9. The highest BCUT2D eigenvalue weighted by Crippen LogP contribution is 2.32. The number of anilines is 1. The molecule has 4 rings (SSSR count). The Hall–Kier alpha value is -3.19. The number of carbonyl (C=O) groups is 1. The van der Waals surface area contributed by atoms with Crippen molar-refractivity contribution in [3.8, 4) is 11.3 Å². The third-order valence-electron chi connectivity index (χ3n) is 5.17. The zero-order valence-electron chi connectivity index (χ0n) is 17.1. The summed E-state index contributed by atoms with van der Waals surface area (Å²) in [5.41, 5.74) is 5.97. The smallest absolute Gasteiger partial charge is 0.257 e. The number of hydrogen-bond donors (Lipinski definition) is 1. The number of rotatable bonds is 5. The van der Waals surface area contributed by atoms with E-state index in [1.54, 1.807) is 18.5 Å². The van der Waals surface area contributed by atoms with E-state index in [-0.39, 0.29) is 5.91 Å². The summed E-state index contributed by atoms with van der Waals surface area (Å²) in [6.07, 6.45) is 5.41. The van der Waals surface area contributed by atoms with Crippen LogP contribution in [-0.4, -0.2) is 25.2 Å². The van der Waals surface area contributed by atoms with Crippen molar-refractivity contribution in [2.75, 3.05) is 5.32 Å². The minimum Gasteiger partial charge on any atom is -0.313 e. The van der Waals surface area contributed by atoms with Gasteiger partial charge in [-0.15, -0.1) is 0 Å². The standard InChI is InChI=1S/C23H22BrN5O/c1-15-10-19(20(24)11-16(15)2)21-13-25-23(28(21)3)27-22(30)18-7-4-6-17(12-18)14-29-9-5-8-26-29/h4-13H,14H2,1-3H3,(H,25,27,30). The van der Waals surface area contributed by atoms with Gasteiger partial charge < -0.3 is 4.57 Å². The Balaban J connectivity index is 1.56. The molecule has 0 saturated carbocycles. The van der Waals surface area contributed by atoms with Crippen LogP contribution < -0.4 is 5.32 Å². The van der Waals surface area contributed by atoms with Gasteiger partial charge in [-0.3, -0.25) is 14.8 Å². The minimum absolute atomic E-state index is 0.197. The maximum Gasteiger partial charge on any atom is 0.257 e. The molecule has 0 unspecified atom stereocenters. The number of benzene rings is 2. The molecule has 7 heteroatoms. The van der Waals surface area contributed by atoms with Gasteiger partial charge >= 0.3 is 0 Å². The second kappa shape index (κ2) is 8.28. The highest BCUT2D eigenvalue weighted by molar-refractivity contribution is 9.10. The number of aryl methyl sites for hydroxylation is 2. The van der Waals surface area contributed by atoms with Gasteiger partial charge in [0.1, 0.15) is 0 Å². The number of aromatic nitrogens is 4. The van der Waals surface area contributed by atoms with E-state index in [0.717, 1.165) is 21.3 Å². The number of carbonyl (C=O) groups excluding carboxylic acids is 1. The van der Waals surface area contributed by atoms with Crippen LogP contribution in [0.5, 0.6) is 0 Å². The maximum absolute atomic E-state index is 12.8. The number of nitrogens with zero attached hydrogens (tertiary/aromatic N) is 4. The molecule has 6 nitrogen and oxygen atoms in total. The van der Waals surface area contributed by atoms with Crippen LogP contribution in [0.1, 0.15) is 27.0 Å². The molecule has 1 amide bonds. The Bertz CT molecular complexity index is 1210. The van der Waals surface area contributed by atoms with Gasteiger partial charge in [0.15, 0.2) is 0 Å². The second-order valence-electron chi connectivity index (χ2n) is 7.30. The summed E-state index contributed by atoms with van der Waals surface area (Å²) in [6, 6.07) is 13.6. The van der Waals surface area contributed by atoms with Gasteiger partial charge in [-0.2, -0.15) is 5.10 Å². The van der Waals surface area contributed by atoms with E-state index in [9.17, 15) is 4.79 Å². The summed E-state index contributed by atoms with van der Waals surface area (Å²) in [4.78, 5) is 17.3. The molecular formula is C23H22BrN5O. The fraction of sp³-hybridized carbons (Fsp3) is 0.174.